The summed E-state index contributed by atoms with van der Waals surface area (Å²) in [5.41, 5.74) is 6.60. The van der Waals surface area contributed by atoms with Gasteiger partial charge in [0.1, 0.15) is 18.1 Å². The Bertz CT molecular complexity index is 1840. The van der Waals surface area contributed by atoms with Gasteiger partial charge in [0.05, 0.1) is 12.3 Å². The van der Waals surface area contributed by atoms with Gasteiger partial charge < -0.3 is 26.8 Å². The van der Waals surface area contributed by atoms with Gasteiger partial charge in [0.2, 0.25) is 17.7 Å². The van der Waals surface area contributed by atoms with Crippen LogP contribution in [0, 0.1) is 0 Å². The molecule has 0 bridgehead atoms. The number of hydrogen-bond donors (Lipinski definition) is 5. The van der Waals surface area contributed by atoms with E-state index in [0.717, 1.165) is 0 Å². The molecule has 3 aromatic rings. The molecule has 6 N–H and O–H groups in total. The Hall–Kier alpha value is -4.97. The van der Waals surface area contributed by atoms with Crippen molar-refractivity contribution < 1.29 is 75.2 Å². The van der Waals surface area contributed by atoms with E-state index in [9.17, 15) is 56.3 Å². The first-order chi connectivity index (χ1) is 25.6. The molecule has 3 rings (SSSR count). The van der Waals surface area contributed by atoms with Crippen LogP contribution in [0.2, 0.25) is 0 Å². The predicted octanol–water partition coefficient (Wildman–Crippen LogP) is 4.58. The lowest BCUT2D eigenvalue weighted by molar-refractivity contribution is -0.137. The second kappa shape index (κ2) is 20.5. The van der Waals surface area contributed by atoms with E-state index in [2.05, 4.69) is 34.9 Å². The van der Waals surface area contributed by atoms with Crippen molar-refractivity contribution in [1.29, 1.82) is 0 Å². The molecule has 16 nitrogen and oxygen atoms in total. The van der Waals surface area contributed by atoms with Crippen LogP contribution in [-0.4, -0.2) is 52.8 Å². The number of carbonyl (C=O) groups excluding carboxylic acids is 4. The molecule has 3 atom stereocenters. The maximum absolute atomic E-state index is 13.7. The molecule has 0 saturated carbocycles. The fraction of sp³-hybridized carbons (Fsp3) is 0.281. The van der Waals surface area contributed by atoms with Crippen LogP contribution >= 0.6 is 15.2 Å². The summed E-state index contributed by atoms with van der Waals surface area (Å²) < 4.78 is 86.2. The number of nitrogens with two attached hydrogens (primary N) is 1. The molecule has 0 saturated heterocycles. The van der Waals surface area contributed by atoms with E-state index in [1.54, 1.807) is 18.2 Å². The van der Waals surface area contributed by atoms with Crippen molar-refractivity contribution in [1.82, 2.24) is 16.0 Å². The van der Waals surface area contributed by atoms with Crippen molar-refractivity contribution in [2.75, 3.05) is 0 Å². The van der Waals surface area contributed by atoms with Crippen molar-refractivity contribution in [3.8, 4) is 0 Å². The number of halogens is 4. The maximum atomic E-state index is 13.7. The Morgan fingerprint density at radius 1 is 0.611 bits per heavy atom. The van der Waals surface area contributed by atoms with Crippen molar-refractivity contribution in [2.24, 2.45) is 5.73 Å². The van der Waals surface area contributed by atoms with Crippen LogP contribution in [0.4, 0.5) is 18.1 Å². The molecular formula is C32H34F4N4O12P2. The lowest BCUT2D eigenvalue weighted by atomic mass is 10.0. The lowest BCUT2D eigenvalue weighted by Crippen LogP contribution is -2.57. The smallest absolute Gasteiger partial charge is 0.399 e. The third-order valence-corrected chi connectivity index (χ3v) is 10.0. The van der Waals surface area contributed by atoms with E-state index >= 15 is 0 Å². The van der Waals surface area contributed by atoms with Crippen LogP contribution < -0.4 is 21.7 Å². The van der Waals surface area contributed by atoms with Gasteiger partial charge >= 0.3 is 21.2 Å². The van der Waals surface area contributed by atoms with E-state index in [-0.39, 0.29) is 36.0 Å². The molecule has 0 fully saturated rings. The fourth-order valence-electron chi connectivity index (χ4n) is 4.94. The number of carbonyl (C=O) groups is 5. The Balaban J connectivity index is 1.88. The normalized spacial score (nSPS) is 13.3. The van der Waals surface area contributed by atoms with Gasteiger partial charge in [-0.1, -0.05) is 66.7 Å². The summed E-state index contributed by atoms with van der Waals surface area (Å²) in [7, 11) is -9.43. The third-order valence-electron chi connectivity index (χ3n) is 7.70. The summed E-state index contributed by atoms with van der Waals surface area (Å²) in [5, 5.41) is 16.6. The molecule has 4 amide bonds. The summed E-state index contributed by atoms with van der Waals surface area (Å²) in [6, 6.07) is 13.9. The van der Waals surface area contributed by atoms with Crippen LogP contribution in [0.5, 0.6) is 0 Å². The maximum Gasteiger partial charge on any atom is 0.399 e. The van der Waals surface area contributed by atoms with E-state index in [1.807, 2.05) is 0 Å². The summed E-state index contributed by atoms with van der Waals surface area (Å²) in [6.45, 7) is 0. The van der Waals surface area contributed by atoms with Crippen LogP contribution in [0.15, 0.2) is 78.9 Å². The van der Waals surface area contributed by atoms with E-state index < -0.39 is 81.7 Å². The number of primary amides is 1. The monoisotopic (exact) mass is 804 g/mol. The molecule has 0 aliphatic carbocycles. The molecular weight excluding hydrogens is 770 g/mol. The SMILES string of the molecule is NC(=O)C(Cc1ccc(CP(=O)(OF)OF)cc1)NC(=O)C(Cc1ccc(CP(=O)(OF)OF)cc1)NC(=O)C(CCC(=O)O)NC(=O)c1ccccc1. The van der Waals surface area contributed by atoms with Crippen molar-refractivity contribution in [3.05, 3.63) is 107 Å². The highest BCUT2D eigenvalue weighted by Gasteiger charge is 2.32. The van der Waals surface area contributed by atoms with Crippen molar-refractivity contribution in [3.63, 3.8) is 0 Å². The number of rotatable bonds is 22. The zero-order chi connectivity index (χ0) is 39.9. The van der Waals surface area contributed by atoms with Crippen molar-refractivity contribution in [2.45, 2.75) is 56.1 Å². The van der Waals surface area contributed by atoms with Crippen LogP contribution in [0.3, 0.4) is 0 Å². The Morgan fingerprint density at radius 2 is 1.02 bits per heavy atom. The standard InChI is InChI=1S/C32H34F4N4O12P2/c33-49-53(47,50-34)18-22-10-6-20(7-11-22)16-26(29(37)43)39-32(46)27(17-21-8-12-23(13-9-21)19-54(48,51-35)52-36)40-31(45)25(14-15-28(41)42)38-30(44)24-4-2-1-3-5-24/h1-13,25-27H,14-19H2,(H2,37,43)(H,38,44)(H,39,46)(H,40,45)(H,41,42). The first-order valence-electron chi connectivity index (χ1n) is 15.7. The first-order valence-corrected chi connectivity index (χ1v) is 19.1. The molecule has 0 aliphatic rings. The molecule has 292 valence electrons. The second-order valence-electron chi connectivity index (χ2n) is 11.7. The number of hydrogen-bond acceptors (Lipinski definition) is 11. The zero-order valence-corrected chi connectivity index (χ0v) is 29.7. The molecule has 0 radical (unpaired) electrons. The topological polar surface area (TPSA) is 239 Å². The first kappa shape index (κ1) is 43.4. The van der Waals surface area contributed by atoms with Gasteiger partial charge in [-0.05, 0) is 58.9 Å². The summed E-state index contributed by atoms with van der Waals surface area (Å²) in [4.78, 5) is 64.0. The van der Waals surface area contributed by atoms with Gasteiger partial charge in [-0.3, -0.25) is 33.1 Å². The van der Waals surface area contributed by atoms with E-state index in [0.29, 0.717) is 11.1 Å². The predicted molar refractivity (Wildman–Crippen MR) is 179 cm³/mol. The minimum absolute atomic E-state index is 0.0943. The highest BCUT2D eigenvalue weighted by molar-refractivity contribution is 7.53. The average Bonchev–Trinajstić information content (AvgIpc) is 3.17. The summed E-state index contributed by atoms with van der Waals surface area (Å²) in [5.74, 6) is -4.97. The minimum Gasteiger partial charge on any atom is -0.481 e. The molecule has 0 spiro atoms. The molecule has 3 unspecified atom stereocenters. The minimum atomic E-state index is -4.74. The van der Waals surface area contributed by atoms with Gasteiger partial charge in [0.15, 0.2) is 0 Å². The Labute approximate surface area is 304 Å². The zero-order valence-electron chi connectivity index (χ0n) is 27.9. The van der Waals surface area contributed by atoms with Gasteiger partial charge in [0.25, 0.3) is 5.91 Å². The highest BCUT2D eigenvalue weighted by Crippen LogP contribution is 2.52. The lowest BCUT2D eigenvalue weighted by Gasteiger charge is -2.25. The summed E-state index contributed by atoms with van der Waals surface area (Å²) in [6.07, 6.45) is -3.08. The number of amides is 4. The number of nitrogens with one attached hydrogen (secondary N) is 3. The molecule has 54 heavy (non-hydrogen) atoms. The largest absolute Gasteiger partial charge is 0.481 e. The van der Waals surface area contributed by atoms with Crippen LogP contribution in [0.25, 0.3) is 0 Å². The molecule has 0 aliphatic heterocycles. The van der Waals surface area contributed by atoms with E-state index in [1.165, 1.54) is 60.7 Å². The van der Waals surface area contributed by atoms with E-state index in [4.69, 9.17) is 5.73 Å². The Morgan fingerprint density at radius 3 is 1.44 bits per heavy atom. The number of aliphatic carboxylic acids is 1. The quantitative estimate of drug-likeness (QED) is 0.0693. The average molecular weight is 805 g/mol. The van der Waals surface area contributed by atoms with Gasteiger partial charge in [-0.15, -0.1) is 18.9 Å². The van der Waals surface area contributed by atoms with Gasteiger partial charge in [0, 0.05) is 24.8 Å². The van der Waals surface area contributed by atoms with Crippen molar-refractivity contribution >= 4 is 44.8 Å². The van der Waals surface area contributed by atoms with Crippen LogP contribution in [0.1, 0.15) is 45.5 Å². The number of carboxylic acids is 1. The molecule has 22 heteroatoms. The fourth-order valence-corrected chi connectivity index (χ4v) is 6.50. The molecule has 0 heterocycles. The number of carboxylic acid groups (broad SMARTS) is 1. The van der Waals surface area contributed by atoms with Gasteiger partial charge in [-0.2, -0.15) is 0 Å². The van der Waals surface area contributed by atoms with Gasteiger partial charge in [-0.25, -0.2) is 0 Å². The molecule has 3 aromatic carbocycles. The van der Waals surface area contributed by atoms with Crippen LogP contribution in [-0.2, 0) is 72.4 Å². The summed E-state index contributed by atoms with van der Waals surface area (Å²) >= 11 is 0. The Kier molecular flexibility index (Phi) is 16.5. The highest BCUT2D eigenvalue weighted by atomic mass is 31.2. The second-order valence-corrected chi connectivity index (χ2v) is 15.3. The number of benzene rings is 3. The third kappa shape index (κ3) is 13.5. The molecule has 0 aromatic heterocycles.